The Labute approximate surface area is 120 Å². The average Bonchev–Trinajstić information content (AvgIpc) is 2.76. The number of rotatable bonds is 6. The minimum atomic E-state index is -2.84. The highest BCUT2D eigenvalue weighted by Gasteiger charge is 2.30. The molecule has 2 rings (SSSR count). The van der Waals surface area contributed by atoms with Crippen LogP contribution < -0.4 is 16.0 Å². The maximum Gasteiger partial charge on any atom is 0.150 e. The predicted octanol–water partition coefficient (Wildman–Crippen LogP) is 1.41. The lowest BCUT2D eigenvalue weighted by atomic mass is 9.94. The molecule has 0 aliphatic carbocycles. The van der Waals surface area contributed by atoms with Crippen LogP contribution in [0.2, 0.25) is 0 Å². The highest BCUT2D eigenvalue weighted by molar-refractivity contribution is 7.91. The first kappa shape index (κ1) is 15.3. The van der Waals surface area contributed by atoms with E-state index in [-0.39, 0.29) is 17.7 Å². The zero-order valence-corrected chi connectivity index (χ0v) is 12.5. The summed E-state index contributed by atoms with van der Waals surface area (Å²) in [6.45, 7) is 2.56. The summed E-state index contributed by atoms with van der Waals surface area (Å²) in [5.74, 6) is 7.20. The van der Waals surface area contributed by atoms with Gasteiger partial charge in [0.25, 0.3) is 0 Å². The molecule has 112 valence electrons. The van der Waals surface area contributed by atoms with Crippen molar-refractivity contribution in [3.63, 3.8) is 0 Å². The van der Waals surface area contributed by atoms with Crippen molar-refractivity contribution in [1.29, 1.82) is 0 Å². The summed E-state index contributed by atoms with van der Waals surface area (Å²) in [6.07, 6.45) is 1.46. The number of benzene rings is 1. The molecule has 0 spiro atoms. The first-order valence-corrected chi connectivity index (χ1v) is 8.75. The fourth-order valence-corrected chi connectivity index (χ4v) is 4.56. The van der Waals surface area contributed by atoms with E-state index in [0.29, 0.717) is 12.4 Å². The fourth-order valence-electron chi connectivity index (χ4n) is 2.68. The molecule has 6 heteroatoms. The SMILES string of the molecule is CCOc1cccc(C(CC2CCS(=O)(=O)C2)NN)c1. The van der Waals surface area contributed by atoms with Crippen molar-refractivity contribution in [2.24, 2.45) is 11.8 Å². The first-order valence-electron chi connectivity index (χ1n) is 6.93. The Morgan fingerprint density at radius 1 is 1.50 bits per heavy atom. The van der Waals surface area contributed by atoms with Gasteiger partial charge in [0.15, 0.2) is 9.84 Å². The van der Waals surface area contributed by atoms with E-state index in [2.05, 4.69) is 5.43 Å². The Bertz CT molecular complexity index is 545. The summed E-state index contributed by atoms with van der Waals surface area (Å²) in [5.41, 5.74) is 3.82. The molecule has 0 saturated carbocycles. The maximum atomic E-state index is 11.5. The van der Waals surface area contributed by atoms with Crippen LogP contribution in [0.4, 0.5) is 0 Å². The van der Waals surface area contributed by atoms with Crippen LogP contribution in [0.15, 0.2) is 24.3 Å². The van der Waals surface area contributed by atoms with Gasteiger partial charge in [0.2, 0.25) is 0 Å². The molecule has 0 amide bonds. The van der Waals surface area contributed by atoms with Gasteiger partial charge in [0.05, 0.1) is 18.1 Å². The van der Waals surface area contributed by atoms with Crippen LogP contribution in [0.1, 0.15) is 31.4 Å². The summed E-state index contributed by atoms with van der Waals surface area (Å²) in [5, 5.41) is 0. The Morgan fingerprint density at radius 2 is 2.30 bits per heavy atom. The largest absolute Gasteiger partial charge is 0.494 e. The van der Waals surface area contributed by atoms with Crippen LogP contribution in [0, 0.1) is 5.92 Å². The van der Waals surface area contributed by atoms with Gasteiger partial charge in [-0.25, -0.2) is 8.42 Å². The topological polar surface area (TPSA) is 81.4 Å². The van der Waals surface area contributed by atoms with Crippen LogP contribution >= 0.6 is 0 Å². The van der Waals surface area contributed by atoms with E-state index < -0.39 is 9.84 Å². The molecule has 1 aliphatic rings. The van der Waals surface area contributed by atoms with Gasteiger partial charge < -0.3 is 4.74 Å². The van der Waals surface area contributed by atoms with Crippen LogP contribution in [0.25, 0.3) is 0 Å². The first-order chi connectivity index (χ1) is 9.54. The van der Waals surface area contributed by atoms with Crippen LogP contribution in [-0.2, 0) is 9.84 Å². The predicted molar refractivity (Wildman–Crippen MR) is 79.1 cm³/mol. The Hall–Kier alpha value is -1.11. The fraction of sp³-hybridized carbons (Fsp3) is 0.571. The molecule has 1 fully saturated rings. The van der Waals surface area contributed by atoms with Crippen LogP contribution in [0.3, 0.4) is 0 Å². The number of hydrogen-bond acceptors (Lipinski definition) is 5. The van der Waals surface area contributed by atoms with Crippen molar-refractivity contribution in [2.75, 3.05) is 18.1 Å². The Balaban J connectivity index is 2.06. The molecule has 0 bridgehead atoms. The summed E-state index contributed by atoms with van der Waals surface area (Å²) < 4.78 is 28.5. The lowest BCUT2D eigenvalue weighted by Gasteiger charge is -2.20. The monoisotopic (exact) mass is 298 g/mol. The van der Waals surface area contributed by atoms with Gasteiger partial charge in [0.1, 0.15) is 5.75 Å². The van der Waals surface area contributed by atoms with Crippen molar-refractivity contribution in [1.82, 2.24) is 5.43 Å². The van der Waals surface area contributed by atoms with Crippen molar-refractivity contribution < 1.29 is 13.2 Å². The van der Waals surface area contributed by atoms with Gasteiger partial charge in [-0.1, -0.05) is 12.1 Å². The average molecular weight is 298 g/mol. The zero-order valence-electron chi connectivity index (χ0n) is 11.7. The van der Waals surface area contributed by atoms with Crippen molar-refractivity contribution in [3.8, 4) is 5.75 Å². The van der Waals surface area contributed by atoms with Gasteiger partial charge in [-0.05, 0) is 43.4 Å². The molecule has 0 aromatic heterocycles. The van der Waals surface area contributed by atoms with Crippen molar-refractivity contribution >= 4 is 9.84 Å². The lowest BCUT2D eigenvalue weighted by Crippen LogP contribution is -2.30. The second-order valence-electron chi connectivity index (χ2n) is 5.23. The standard InChI is InChI=1S/C14H22N2O3S/c1-2-19-13-5-3-4-12(9-13)14(16-15)8-11-6-7-20(17,18)10-11/h3-5,9,11,14,16H,2,6-8,10,15H2,1H3. The second kappa shape index (κ2) is 6.56. The van der Waals surface area contributed by atoms with E-state index in [4.69, 9.17) is 10.6 Å². The van der Waals surface area contributed by atoms with E-state index in [0.717, 1.165) is 24.2 Å². The minimum Gasteiger partial charge on any atom is -0.494 e. The molecule has 1 aromatic rings. The summed E-state index contributed by atoms with van der Waals surface area (Å²) in [6, 6.07) is 7.72. The minimum absolute atomic E-state index is 0.0475. The summed E-state index contributed by atoms with van der Waals surface area (Å²) in [4.78, 5) is 0. The third-order valence-electron chi connectivity index (χ3n) is 3.67. The number of ether oxygens (including phenoxy) is 1. The molecule has 3 N–H and O–H groups in total. The highest BCUT2D eigenvalue weighted by Crippen LogP contribution is 2.29. The van der Waals surface area contributed by atoms with Gasteiger partial charge in [-0.2, -0.15) is 0 Å². The van der Waals surface area contributed by atoms with Crippen molar-refractivity contribution in [3.05, 3.63) is 29.8 Å². The van der Waals surface area contributed by atoms with Crippen LogP contribution in [0.5, 0.6) is 5.75 Å². The molecule has 2 unspecified atom stereocenters. The van der Waals surface area contributed by atoms with Gasteiger partial charge in [-0.15, -0.1) is 0 Å². The summed E-state index contributed by atoms with van der Waals surface area (Å²) in [7, 11) is -2.84. The normalized spacial score (nSPS) is 22.6. The molecule has 2 atom stereocenters. The number of sulfone groups is 1. The quantitative estimate of drug-likeness (QED) is 0.613. The van der Waals surface area contributed by atoms with Crippen molar-refractivity contribution in [2.45, 2.75) is 25.8 Å². The number of hydrazine groups is 1. The molecular formula is C14H22N2O3S. The molecule has 1 aliphatic heterocycles. The smallest absolute Gasteiger partial charge is 0.150 e. The van der Waals surface area contributed by atoms with Gasteiger partial charge in [-0.3, -0.25) is 11.3 Å². The number of hydrogen-bond donors (Lipinski definition) is 2. The summed E-state index contributed by atoms with van der Waals surface area (Å²) >= 11 is 0. The molecule has 1 aromatic carbocycles. The molecule has 1 saturated heterocycles. The molecule has 0 radical (unpaired) electrons. The Kier molecular flexibility index (Phi) is 5.01. The van der Waals surface area contributed by atoms with E-state index in [9.17, 15) is 8.42 Å². The molecule has 20 heavy (non-hydrogen) atoms. The second-order valence-corrected chi connectivity index (χ2v) is 7.46. The van der Waals surface area contributed by atoms with E-state index in [1.165, 1.54) is 0 Å². The number of nitrogens with one attached hydrogen (secondary N) is 1. The zero-order chi connectivity index (χ0) is 14.6. The van der Waals surface area contributed by atoms with Gasteiger partial charge in [0, 0.05) is 6.04 Å². The van der Waals surface area contributed by atoms with E-state index >= 15 is 0 Å². The molecule has 5 nitrogen and oxygen atoms in total. The van der Waals surface area contributed by atoms with Crippen LogP contribution in [-0.4, -0.2) is 26.5 Å². The highest BCUT2D eigenvalue weighted by atomic mass is 32.2. The third-order valence-corrected chi connectivity index (χ3v) is 5.51. The molecular weight excluding hydrogens is 276 g/mol. The lowest BCUT2D eigenvalue weighted by molar-refractivity contribution is 0.338. The van der Waals surface area contributed by atoms with E-state index in [1.54, 1.807) is 0 Å². The van der Waals surface area contributed by atoms with E-state index in [1.807, 2.05) is 31.2 Å². The number of nitrogens with two attached hydrogens (primary N) is 1. The molecule has 1 heterocycles. The van der Waals surface area contributed by atoms with Gasteiger partial charge >= 0.3 is 0 Å². The maximum absolute atomic E-state index is 11.5. The Morgan fingerprint density at radius 3 is 2.90 bits per heavy atom. The third kappa shape index (κ3) is 3.94.